The average Bonchev–Trinajstić information content (AvgIpc) is 2.59. The Balaban J connectivity index is 2.12. The zero-order valence-electron chi connectivity index (χ0n) is 9.43. The minimum Gasteiger partial charge on any atom is -0.295 e. The lowest BCUT2D eigenvalue weighted by atomic mass is 9.97. The summed E-state index contributed by atoms with van der Waals surface area (Å²) in [4.78, 5) is 11.5. The molecule has 0 radical (unpaired) electrons. The molecule has 0 fully saturated rings. The van der Waals surface area contributed by atoms with E-state index < -0.39 is 0 Å². The second-order valence-corrected chi connectivity index (χ2v) is 4.67. The van der Waals surface area contributed by atoms with E-state index >= 15 is 0 Å². The van der Waals surface area contributed by atoms with Crippen LogP contribution in [0, 0.1) is 0 Å². The fourth-order valence-corrected chi connectivity index (χ4v) is 2.51. The molecule has 0 aliphatic heterocycles. The fourth-order valence-electron chi connectivity index (χ4n) is 2.51. The molecule has 0 saturated heterocycles. The van der Waals surface area contributed by atoms with Crippen molar-refractivity contribution in [2.75, 3.05) is 0 Å². The Hall–Kier alpha value is -0.850. The van der Waals surface area contributed by atoms with E-state index in [-0.39, 0.29) is 0 Å². The van der Waals surface area contributed by atoms with Crippen LogP contribution in [0.4, 0.5) is 0 Å². The monoisotopic (exact) mass is 204 g/mol. The normalized spacial score (nSPS) is 23.9. The number of hydrogen-bond acceptors (Lipinski definition) is 1. The SMILES string of the molecule is O=C1C=C(C2=CCCCCC2)CCCC1. The molecule has 0 amide bonds. The van der Waals surface area contributed by atoms with Gasteiger partial charge in [-0.1, -0.05) is 12.5 Å². The number of carbonyl (C=O) groups is 1. The predicted molar refractivity (Wildman–Crippen MR) is 62.7 cm³/mol. The minimum absolute atomic E-state index is 0.340. The highest BCUT2D eigenvalue weighted by atomic mass is 16.1. The summed E-state index contributed by atoms with van der Waals surface area (Å²) in [7, 11) is 0. The number of carbonyl (C=O) groups excluding carboxylic acids is 1. The molecule has 0 heterocycles. The highest BCUT2D eigenvalue weighted by Crippen LogP contribution is 2.28. The maximum absolute atomic E-state index is 11.5. The fraction of sp³-hybridized carbons (Fsp3) is 0.643. The highest BCUT2D eigenvalue weighted by molar-refractivity contribution is 5.91. The summed E-state index contributed by atoms with van der Waals surface area (Å²) in [5.41, 5.74) is 2.82. The summed E-state index contributed by atoms with van der Waals surface area (Å²) in [5, 5.41) is 0. The Bertz CT molecular complexity index is 296. The van der Waals surface area contributed by atoms with Gasteiger partial charge in [0.25, 0.3) is 0 Å². The van der Waals surface area contributed by atoms with Gasteiger partial charge in [0.1, 0.15) is 0 Å². The van der Waals surface area contributed by atoms with Gasteiger partial charge in [0.2, 0.25) is 0 Å². The molecule has 0 saturated carbocycles. The number of allylic oxidation sites excluding steroid dienone is 4. The largest absolute Gasteiger partial charge is 0.295 e. The number of ketones is 1. The van der Waals surface area contributed by atoms with Crippen LogP contribution in [0.3, 0.4) is 0 Å². The molecule has 82 valence electrons. The van der Waals surface area contributed by atoms with E-state index in [9.17, 15) is 4.79 Å². The molecule has 0 aromatic rings. The van der Waals surface area contributed by atoms with Gasteiger partial charge >= 0.3 is 0 Å². The Kier molecular flexibility index (Phi) is 3.76. The van der Waals surface area contributed by atoms with E-state index in [1.54, 1.807) is 0 Å². The quantitative estimate of drug-likeness (QED) is 0.632. The van der Waals surface area contributed by atoms with E-state index in [2.05, 4.69) is 6.08 Å². The number of rotatable bonds is 1. The molecular formula is C14H20O. The van der Waals surface area contributed by atoms with Crippen LogP contribution in [0.5, 0.6) is 0 Å². The van der Waals surface area contributed by atoms with Crippen LogP contribution in [-0.4, -0.2) is 5.78 Å². The zero-order valence-corrected chi connectivity index (χ0v) is 9.43. The predicted octanol–water partition coefficient (Wildman–Crippen LogP) is 3.95. The summed E-state index contributed by atoms with van der Waals surface area (Å²) >= 11 is 0. The Morgan fingerprint density at radius 1 is 0.800 bits per heavy atom. The second-order valence-electron chi connectivity index (χ2n) is 4.67. The molecule has 0 spiro atoms. The molecule has 2 aliphatic rings. The lowest BCUT2D eigenvalue weighted by molar-refractivity contribution is -0.114. The lowest BCUT2D eigenvalue weighted by Gasteiger charge is -2.08. The third kappa shape index (κ3) is 3.05. The summed E-state index contributed by atoms with van der Waals surface area (Å²) in [6.45, 7) is 0. The van der Waals surface area contributed by atoms with Crippen molar-refractivity contribution in [2.24, 2.45) is 0 Å². The topological polar surface area (TPSA) is 17.1 Å². The molecule has 1 nitrogen and oxygen atoms in total. The molecule has 0 aromatic heterocycles. The van der Waals surface area contributed by atoms with Gasteiger partial charge in [-0.3, -0.25) is 4.79 Å². The van der Waals surface area contributed by atoms with E-state index in [1.165, 1.54) is 49.7 Å². The van der Waals surface area contributed by atoms with Gasteiger partial charge in [0, 0.05) is 6.42 Å². The molecule has 1 heteroatoms. The summed E-state index contributed by atoms with van der Waals surface area (Å²) in [6.07, 6.45) is 14.8. The molecule has 2 rings (SSSR count). The van der Waals surface area contributed by atoms with Crippen LogP contribution in [0.25, 0.3) is 0 Å². The molecule has 15 heavy (non-hydrogen) atoms. The summed E-state index contributed by atoms with van der Waals surface area (Å²) < 4.78 is 0. The second kappa shape index (κ2) is 5.29. The molecule has 2 aliphatic carbocycles. The van der Waals surface area contributed by atoms with Crippen molar-refractivity contribution >= 4 is 5.78 Å². The van der Waals surface area contributed by atoms with Crippen molar-refractivity contribution in [3.63, 3.8) is 0 Å². The number of hydrogen-bond donors (Lipinski definition) is 0. The Morgan fingerprint density at radius 3 is 2.47 bits per heavy atom. The molecular weight excluding hydrogens is 184 g/mol. The van der Waals surface area contributed by atoms with Crippen LogP contribution >= 0.6 is 0 Å². The first-order valence-corrected chi connectivity index (χ1v) is 6.29. The summed E-state index contributed by atoms with van der Waals surface area (Å²) in [5.74, 6) is 0.340. The van der Waals surface area contributed by atoms with Gasteiger partial charge in [-0.2, -0.15) is 0 Å². The van der Waals surface area contributed by atoms with Crippen LogP contribution in [0.2, 0.25) is 0 Å². The van der Waals surface area contributed by atoms with Gasteiger partial charge < -0.3 is 0 Å². The first-order valence-electron chi connectivity index (χ1n) is 6.29. The van der Waals surface area contributed by atoms with Crippen molar-refractivity contribution in [3.8, 4) is 0 Å². The molecule has 0 N–H and O–H groups in total. The van der Waals surface area contributed by atoms with E-state index in [4.69, 9.17) is 0 Å². The van der Waals surface area contributed by atoms with Gasteiger partial charge in [-0.15, -0.1) is 0 Å². The first-order chi connectivity index (χ1) is 7.36. The van der Waals surface area contributed by atoms with Gasteiger partial charge in [0.15, 0.2) is 5.78 Å². The maximum atomic E-state index is 11.5. The third-order valence-corrected chi connectivity index (χ3v) is 3.41. The smallest absolute Gasteiger partial charge is 0.155 e. The van der Waals surface area contributed by atoms with E-state index in [0.717, 1.165) is 19.3 Å². The molecule has 0 aromatic carbocycles. The van der Waals surface area contributed by atoms with Crippen molar-refractivity contribution in [3.05, 3.63) is 23.3 Å². The first kappa shape index (κ1) is 10.7. The van der Waals surface area contributed by atoms with Crippen LogP contribution in [0.1, 0.15) is 57.8 Å². The lowest BCUT2D eigenvalue weighted by Crippen LogP contribution is -1.93. The Morgan fingerprint density at radius 2 is 1.53 bits per heavy atom. The van der Waals surface area contributed by atoms with Crippen molar-refractivity contribution in [1.29, 1.82) is 0 Å². The van der Waals surface area contributed by atoms with Crippen LogP contribution in [-0.2, 0) is 4.79 Å². The summed E-state index contributed by atoms with van der Waals surface area (Å²) in [6, 6.07) is 0. The third-order valence-electron chi connectivity index (χ3n) is 3.41. The van der Waals surface area contributed by atoms with Gasteiger partial charge in [-0.05, 0) is 62.2 Å². The molecule has 0 bridgehead atoms. The zero-order chi connectivity index (χ0) is 10.5. The van der Waals surface area contributed by atoms with Gasteiger partial charge in [-0.25, -0.2) is 0 Å². The minimum atomic E-state index is 0.340. The van der Waals surface area contributed by atoms with Gasteiger partial charge in [0.05, 0.1) is 0 Å². The van der Waals surface area contributed by atoms with Crippen molar-refractivity contribution in [2.45, 2.75) is 57.8 Å². The molecule has 0 unspecified atom stereocenters. The van der Waals surface area contributed by atoms with Crippen molar-refractivity contribution < 1.29 is 4.79 Å². The van der Waals surface area contributed by atoms with Crippen LogP contribution < -0.4 is 0 Å². The Labute approximate surface area is 92.3 Å². The highest BCUT2D eigenvalue weighted by Gasteiger charge is 2.12. The van der Waals surface area contributed by atoms with Crippen molar-refractivity contribution in [1.82, 2.24) is 0 Å². The molecule has 0 atom stereocenters. The van der Waals surface area contributed by atoms with E-state index in [0.29, 0.717) is 5.78 Å². The standard InChI is InChI=1S/C14H20O/c15-14-10-6-5-9-13(11-14)12-7-3-1-2-4-8-12/h7,11H,1-6,8-10H2. The average molecular weight is 204 g/mol. The maximum Gasteiger partial charge on any atom is 0.155 e. The van der Waals surface area contributed by atoms with Crippen LogP contribution in [0.15, 0.2) is 23.3 Å². The van der Waals surface area contributed by atoms with E-state index in [1.807, 2.05) is 6.08 Å².